The molecule has 1 atom stereocenters. The first-order chi connectivity index (χ1) is 9.76. The van der Waals surface area contributed by atoms with Crippen LogP contribution in [0.3, 0.4) is 0 Å². The van der Waals surface area contributed by atoms with Crippen LogP contribution in [0.25, 0.3) is 0 Å². The van der Waals surface area contributed by atoms with E-state index in [0.717, 1.165) is 24.2 Å². The number of nitrogens with zero attached hydrogens (tertiary/aromatic N) is 2. The highest BCUT2D eigenvalue weighted by atomic mass is 16.5. The smallest absolute Gasteiger partial charge is 0.163 e. The third-order valence-electron chi connectivity index (χ3n) is 3.80. The Bertz CT molecular complexity index is 600. The van der Waals surface area contributed by atoms with Gasteiger partial charge in [0.1, 0.15) is 11.8 Å². The average molecular weight is 273 g/mol. The van der Waals surface area contributed by atoms with Gasteiger partial charge in [-0.1, -0.05) is 18.2 Å². The first-order valence-electron chi connectivity index (χ1n) is 6.89. The van der Waals surface area contributed by atoms with Gasteiger partial charge in [-0.15, -0.1) is 0 Å². The highest BCUT2D eigenvalue weighted by Crippen LogP contribution is 2.36. The SMILES string of the molecule is CCn1ncc(OC)c1C(O)c1cccc2c1NCC2. The van der Waals surface area contributed by atoms with Crippen LogP contribution in [-0.2, 0) is 13.0 Å². The van der Waals surface area contributed by atoms with Crippen molar-refractivity contribution in [1.29, 1.82) is 0 Å². The van der Waals surface area contributed by atoms with Crippen LogP contribution in [0.15, 0.2) is 24.4 Å². The number of rotatable bonds is 4. The van der Waals surface area contributed by atoms with Gasteiger partial charge < -0.3 is 15.2 Å². The van der Waals surface area contributed by atoms with Gasteiger partial charge in [-0.2, -0.15) is 5.10 Å². The van der Waals surface area contributed by atoms with Crippen molar-refractivity contribution in [3.8, 4) is 5.75 Å². The summed E-state index contributed by atoms with van der Waals surface area (Å²) in [6.07, 6.45) is 1.91. The summed E-state index contributed by atoms with van der Waals surface area (Å²) in [4.78, 5) is 0. The lowest BCUT2D eigenvalue weighted by atomic mass is 10.0. The van der Waals surface area contributed by atoms with Crippen LogP contribution in [0.1, 0.15) is 29.8 Å². The summed E-state index contributed by atoms with van der Waals surface area (Å²) >= 11 is 0. The summed E-state index contributed by atoms with van der Waals surface area (Å²) in [5.74, 6) is 0.620. The number of ether oxygens (including phenoxy) is 1. The number of hydrogen-bond acceptors (Lipinski definition) is 4. The van der Waals surface area contributed by atoms with Crippen LogP contribution < -0.4 is 10.1 Å². The van der Waals surface area contributed by atoms with Crippen molar-refractivity contribution in [1.82, 2.24) is 9.78 Å². The molecule has 0 fully saturated rings. The Hall–Kier alpha value is -2.01. The van der Waals surface area contributed by atoms with Gasteiger partial charge in [0.15, 0.2) is 5.75 Å². The van der Waals surface area contributed by atoms with Crippen LogP contribution in [0.4, 0.5) is 5.69 Å². The van der Waals surface area contributed by atoms with Crippen LogP contribution >= 0.6 is 0 Å². The van der Waals surface area contributed by atoms with Crippen molar-refractivity contribution in [3.05, 3.63) is 41.2 Å². The Balaban J connectivity index is 2.07. The largest absolute Gasteiger partial charge is 0.493 e. The molecule has 1 aliphatic heterocycles. The summed E-state index contributed by atoms with van der Waals surface area (Å²) in [5, 5.41) is 18.4. The summed E-state index contributed by atoms with van der Waals surface area (Å²) in [6.45, 7) is 3.61. The van der Waals surface area contributed by atoms with Gasteiger partial charge in [-0.3, -0.25) is 4.68 Å². The molecule has 0 spiro atoms. The fourth-order valence-electron chi connectivity index (χ4n) is 2.80. The number of para-hydroxylation sites is 1. The molecule has 106 valence electrons. The molecule has 0 saturated heterocycles. The Morgan fingerprint density at radius 1 is 1.50 bits per heavy atom. The monoisotopic (exact) mass is 273 g/mol. The topological polar surface area (TPSA) is 59.3 Å². The Kier molecular flexibility index (Phi) is 3.36. The molecule has 20 heavy (non-hydrogen) atoms. The van der Waals surface area contributed by atoms with Crippen LogP contribution in [0.5, 0.6) is 5.75 Å². The fourth-order valence-corrected chi connectivity index (χ4v) is 2.80. The second-order valence-electron chi connectivity index (χ2n) is 4.87. The quantitative estimate of drug-likeness (QED) is 0.894. The number of methoxy groups -OCH3 is 1. The molecule has 1 unspecified atom stereocenters. The molecule has 3 rings (SSSR count). The molecule has 0 bridgehead atoms. The van der Waals surface area contributed by atoms with Crippen LogP contribution in [0.2, 0.25) is 0 Å². The van der Waals surface area contributed by atoms with E-state index in [9.17, 15) is 5.11 Å². The number of aliphatic hydroxyl groups excluding tert-OH is 1. The van der Waals surface area contributed by atoms with Gasteiger partial charge in [0.25, 0.3) is 0 Å². The third-order valence-corrected chi connectivity index (χ3v) is 3.80. The maximum atomic E-state index is 10.8. The average Bonchev–Trinajstić information content (AvgIpc) is 3.11. The van der Waals surface area contributed by atoms with E-state index in [-0.39, 0.29) is 0 Å². The Morgan fingerprint density at radius 3 is 3.10 bits per heavy atom. The van der Waals surface area contributed by atoms with E-state index in [1.807, 2.05) is 19.1 Å². The zero-order valence-corrected chi connectivity index (χ0v) is 11.8. The number of nitrogens with one attached hydrogen (secondary N) is 1. The normalized spacial score (nSPS) is 14.8. The lowest BCUT2D eigenvalue weighted by Crippen LogP contribution is -2.11. The van der Waals surface area contributed by atoms with Crippen LogP contribution in [0, 0.1) is 0 Å². The fraction of sp³-hybridized carbons (Fsp3) is 0.400. The molecule has 0 aliphatic carbocycles. The van der Waals surface area contributed by atoms with Crippen molar-refractivity contribution in [2.75, 3.05) is 19.0 Å². The van der Waals surface area contributed by atoms with Crippen molar-refractivity contribution in [3.63, 3.8) is 0 Å². The molecule has 0 amide bonds. The molecule has 1 aromatic carbocycles. The molecule has 2 heterocycles. The minimum Gasteiger partial charge on any atom is -0.493 e. The molecule has 5 heteroatoms. The van der Waals surface area contributed by atoms with Crippen molar-refractivity contribution in [2.24, 2.45) is 0 Å². The first-order valence-corrected chi connectivity index (χ1v) is 6.89. The minimum absolute atomic E-state index is 0.620. The van der Waals surface area contributed by atoms with E-state index in [2.05, 4.69) is 16.5 Å². The zero-order chi connectivity index (χ0) is 14.1. The second-order valence-corrected chi connectivity index (χ2v) is 4.87. The van der Waals surface area contributed by atoms with Crippen molar-refractivity contribution < 1.29 is 9.84 Å². The molecule has 1 aromatic heterocycles. The number of benzene rings is 1. The standard InChI is InChI=1S/C15H19N3O2/c1-3-18-14(12(20-2)9-17-18)15(19)11-6-4-5-10-7-8-16-13(10)11/h4-6,9,15-16,19H,3,7-8H2,1-2H3. The minimum atomic E-state index is -0.743. The lowest BCUT2D eigenvalue weighted by molar-refractivity contribution is 0.203. The Morgan fingerprint density at radius 2 is 2.35 bits per heavy atom. The van der Waals surface area contributed by atoms with Crippen molar-refractivity contribution >= 4 is 5.69 Å². The van der Waals surface area contributed by atoms with Gasteiger partial charge in [0.2, 0.25) is 0 Å². The predicted octanol–water partition coefficient (Wildman–Crippen LogP) is 1.96. The molecule has 0 radical (unpaired) electrons. The van der Waals surface area contributed by atoms with E-state index in [4.69, 9.17) is 4.74 Å². The summed E-state index contributed by atoms with van der Waals surface area (Å²) in [5.41, 5.74) is 3.89. The number of aliphatic hydroxyl groups is 1. The summed E-state index contributed by atoms with van der Waals surface area (Å²) < 4.78 is 7.10. The third kappa shape index (κ3) is 1.94. The lowest BCUT2D eigenvalue weighted by Gasteiger charge is -2.17. The number of anilines is 1. The molecule has 2 N–H and O–H groups in total. The molecule has 2 aromatic rings. The maximum Gasteiger partial charge on any atom is 0.163 e. The predicted molar refractivity (Wildman–Crippen MR) is 77.2 cm³/mol. The van der Waals surface area contributed by atoms with Gasteiger partial charge >= 0.3 is 0 Å². The van der Waals surface area contributed by atoms with Gasteiger partial charge in [0.05, 0.1) is 13.3 Å². The summed E-state index contributed by atoms with van der Waals surface area (Å²) in [7, 11) is 1.60. The summed E-state index contributed by atoms with van der Waals surface area (Å²) in [6, 6.07) is 6.04. The number of aromatic nitrogens is 2. The van der Waals surface area contributed by atoms with Gasteiger partial charge in [-0.05, 0) is 18.9 Å². The van der Waals surface area contributed by atoms with E-state index >= 15 is 0 Å². The molecule has 5 nitrogen and oxygen atoms in total. The van der Waals surface area contributed by atoms with Gasteiger partial charge in [-0.25, -0.2) is 0 Å². The maximum absolute atomic E-state index is 10.8. The number of hydrogen-bond donors (Lipinski definition) is 2. The molecular formula is C15H19N3O2. The van der Waals surface area contributed by atoms with E-state index in [1.165, 1.54) is 5.56 Å². The molecule has 0 saturated carbocycles. The second kappa shape index (κ2) is 5.17. The number of fused-ring (bicyclic) bond motifs is 1. The van der Waals surface area contributed by atoms with E-state index in [0.29, 0.717) is 18.0 Å². The van der Waals surface area contributed by atoms with Crippen LogP contribution in [-0.4, -0.2) is 28.5 Å². The van der Waals surface area contributed by atoms with E-state index < -0.39 is 6.10 Å². The van der Waals surface area contributed by atoms with Crippen molar-refractivity contribution in [2.45, 2.75) is 26.0 Å². The highest BCUT2D eigenvalue weighted by molar-refractivity contribution is 5.63. The zero-order valence-electron chi connectivity index (χ0n) is 11.8. The molecular weight excluding hydrogens is 254 g/mol. The first kappa shape index (κ1) is 13.0. The Labute approximate surface area is 118 Å². The molecule has 1 aliphatic rings. The van der Waals surface area contributed by atoms with Gasteiger partial charge in [0, 0.05) is 24.3 Å². The highest BCUT2D eigenvalue weighted by Gasteiger charge is 2.25. The number of aryl methyl sites for hydroxylation is 1. The van der Waals surface area contributed by atoms with E-state index in [1.54, 1.807) is 18.0 Å².